The van der Waals surface area contributed by atoms with E-state index in [1.165, 1.54) is 0 Å². The number of carbonyl (C=O) groups is 1. The monoisotopic (exact) mass is 248 g/mol. The Morgan fingerprint density at radius 1 is 1.44 bits per heavy atom. The van der Waals surface area contributed by atoms with E-state index in [-0.39, 0.29) is 11.3 Å². The van der Waals surface area contributed by atoms with E-state index in [1.54, 1.807) is 0 Å². The van der Waals surface area contributed by atoms with Gasteiger partial charge >= 0.3 is 0 Å². The Morgan fingerprint density at radius 3 is 2.89 bits per heavy atom. The Balaban J connectivity index is 1.95. The summed E-state index contributed by atoms with van der Waals surface area (Å²) in [6, 6.07) is 7.65. The summed E-state index contributed by atoms with van der Waals surface area (Å²) in [4.78, 5) is 12.0. The van der Waals surface area contributed by atoms with Gasteiger partial charge in [0.05, 0.1) is 12.2 Å². The van der Waals surface area contributed by atoms with Crippen LogP contribution in [0.4, 0.5) is 5.69 Å². The van der Waals surface area contributed by atoms with Gasteiger partial charge in [0.15, 0.2) is 6.10 Å². The summed E-state index contributed by atoms with van der Waals surface area (Å²) in [6.07, 6.45) is -0.456. The van der Waals surface area contributed by atoms with Gasteiger partial charge in [0.2, 0.25) is 0 Å². The summed E-state index contributed by atoms with van der Waals surface area (Å²) < 4.78 is 5.68. The second-order valence-electron chi connectivity index (χ2n) is 5.76. The first kappa shape index (κ1) is 12.7. The fourth-order valence-corrected chi connectivity index (χ4v) is 1.73. The number of anilines is 1. The van der Waals surface area contributed by atoms with Crippen molar-refractivity contribution in [3.8, 4) is 5.75 Å². The van der Waals surface area contributed by atoms with Crippen LogP contribution in [-0.2, 0) is 4.79 Å². The zero-order valence-electron chi connectivity index (χ0n) is 11.1. The molecule has 0 saturated heterocycles. The van der Waals surface area contributed by atoms with Gasteiger partial charge in [-0.1, -0.05) is 32.9 Å². The molecule has 1 amide bonds. The number of rotatable bonds is 2. The summed E-state index contributed by atoms with van der Waals surface area (Å²) in [6.45, 7) is 7.41. The molecule has 4 heteroatoms. The highest BCUT2D eigenvalue weighted by atomic mass is 16.5. The second-order valence-corrected chi connectivity index (χ2v) is 5.76. The van der Waals surface area contributed by atoms with E-state index in [4.69, 9.17) is 4.74 Å². The van der Waals surface area contributed by atoms with Crippen molar-refractivity contribution in [1.82, 2.24) is 5.32 Å². The number of nitrogens with one attached hydrogen (secondary N) is 2. The first-order valence-corrected chi connectivity index (χ1v) is 6.23. The van der Waals surface area contributed by atoms with E-state index in [1.807, 2.05) is 24.3 Å². The molecule has 98 valence electrons. The average Bonchev–Trinajstić information content (AvgIpc) is 2.34. The lowest BCUT2D eigenvalue weighted by Gasteiger charge is -2.27. The molecule has 1 heterocycles. The Kier molecular flexibility index (Phi) is 3.45. The fraction of sp³-hybridized carbons (Fsp3) is 0.500. The van der Waals surface area contributed by atoms with Crippen molar-refractivity contribution in [1.29, 1.82) is 0 Å². The summed E-state index contributed by atoms with van der Waals surface area (Å²) >= 11 is 0. The van der Waals surface area contributed by atoms with Crippen LogP contribution in [0, 0.1) is 5.41 Å². The summed E-state index contributed by atoms with van der Waals surface area (Å²) in [7, 11) is 0. The molecule has 1 aliphatic rings. The summed E-state index contributed by atoms with van der Waals surface area (Å²) in [5, 5.41) is 6.12. The Morgan fingerprint density at radius 2 is 2.17 bits per heavy atom. The van der Waals surface area contributed by atoms with Crippen molar-refractivity contribution in [2.24, 2.45) is 5.41 Å². The fourth-order valence-electron chi connectivity index (χ4n) is 1.73. The molecule has 0 radical (unpaired) electrons. The van der Waals surface area contributed by atoms with Gasteiger partial charge < -0.3 is 15.4 Å². The van der Waals surface area contributed by atoms with Gasteiger partial charge in [0.1, 0.15) is 5.75 Å². The molecule has 1 atom stereocenters. The third kappa shape index (κ3) is 3.15. The number of hydrogen-bond donors (Lipinski definition) is 2. The van der Waals surface area contributed by atoms with Gasteiger partial charge in [-0.15, -0.1) is 0 Å². The first-order chi connectivity index (χ1) is 8.46. The number of para-hydroxylation sites is 2. The maximum atomic E-state index is 12.0. The number of hydrogen-bond acceptors (Lipinski definition) is 3. The van der Waals surface area contributed by atoms with E-state index < -0.39 is 6.10 Å². The SMILES string of the molecule is CC(C)(C)CNC(=O)C1CNc2ccccc2O1. The molecule has 0 bridgehead atoms. The number of carbonyl (C=O) groups excluding carboxylic acids is 1. The predicted molar refractivity (Wildman–Crippen MR) is 71.8 cm³/mol. The Bertz CT molecular complexity index is 438. The number of ether oxygens (including phenoxy) is 1. The minimum absolute atomic E-state index is 0.0630. The van der Waals surface area contributed by atoms with Gasteiger partial charge in [-0.05, 0) is 17.5 Å². The molecule has 1 aromatic carbocycles. The zero-order valence-corrected chi connectivity index (χ0v) is 11.1. The largest absolute Gasteiger partial charge is 0.477 e. The third-order valence-electron chi connectivity index (χ3n) is 2.72. The van der Waals surface area contributed by atoms with Crippen LogP contribution in [-0.4, -0.2) is 25.1 Å². The van der Waals surface area contributed by atoms with Crippen LogP contribution in [0.15, 0.2) is 24.3 Å². The Labute approximate surface area is 108 Å². The quantitative estimate of drug-likeness (QED) is 0.842. The second kappa shape index (κ2) is 4.88. The minimum atomic E-state index is -0.456. The van der Waals surface area contributed by atoms with Crippen molar-refractivity contribution in [3.63, 3.8) is 0 Å². The van der Waals surface area contributed by atoms with Gasteiger partial charge in [0.25, 0.3) is 5.91 Å². The van der Waals surface area contributed by atoms with Gasteiger partial charge in [-0.3, -0.25) is 4.79 Å². The summed E-state index contributed by atoms with van der Waals surface area (Å²) in [5.74, 6) is 0.673. The smallest absolute Gasteiger partial charge is 0.262 e. The van der Waals surface area contributed by atoms with Crippen LogP contribution < -0.4 is 15.4 Å². The van der Waals surface area contributed by atoms with E-state index in [0.717, 1.165) is 11.4 Å². The van der Waals surface area contributed by atoms with E-state index in [0.29, 0.717) is 13.1 Å². The lowest BCUT2D eigenvalue weighted by Crippen LogP contribution is -2.46. The molecule has 1 aliphatic heterocycles. The zero-order chi connectivity index (χ0) is 13.2. The standard InChI is InChI=1S/C14H20N2O2/c1-14(2,3)9-16-13(17)12-8-15-10-6-4-5-7-11(10)18-12/h4-7,12,15H,8-9H2,1-3H3,(H,16,17). The molecular formula is C14H20N2O2. The van der Waals surface area contributed by atoms with Crippen LogP contribution in [0.2, 0.25) is 0 Å². The summed E-state index contributed by atoms with van der Waals surface area (Å²) in [5.41, 5.74) is 1.02. The molecular weight excluding hydrogens is 228 g/mol. The molecule has 18 heavy (non-hydrogen) atoms. The molecule has 0 saturated carbocycles. The van der Waals surface area contributed by atoms with E-state index in [9.17, 15) is 4.79 Å². The molecule has 0 aromatic heterocycles. The van der Waals surface area contributed by atoms with Crippen molar-refractivity contribution in [2.45, 2.75) is 26.9 Å². The molecule has 2 rings (SSSR count). The van der Waals surface area contributed by atoms with Crippen LogP contribution in [0.3, 0.4) is 0 Å². The molecule has 4 nitrogen and oxygen atoms in total. The molecule has 0 aliphatic carbocycles. The van der Waals surface area contributed by atoms with Crippen molar-refractivity contribution < 1.29 is 9.53 Å². The van der Waals surface area contributed by atoms with Crippen molar-refractivity contribution >= 4 is 11.6 Å². The number of benzene rings is 1. The van der Waals surface area contributed by atoms with Crippen LogP contribution in [0.1, 0.15) is 20.8 Å². The van der Waals surface area contributed by atoms with Gasteiger partial charge in [-0.25, -0.2) is 0 Å². The normalized spacial score (nSPS) is 18.3. The van der Waals surface area contributed by atoms with Crippen LogP contribution in [0.25, 0.3) is 0 Å². The maximum Gasteiger partial charge on any atom is 0.262 e. The van der Waals surface area contributed by atoms with Crippen molar-refractivity contribution in [2.75, 3.05) is 18.4 Å². The molecule has 2 N–H and O–H groups in total. The Hall–Kier alpha value is -1.71. The average molecular weight is 248 g/mol. The van der Waals surface area contributed by atoms with Crippen LogP contribution >= 0.6 is 0 Å². The minimum Gasteiger partial charge on any atom is -0.477 e. The van der Waals surface area contributed by atoms with Gasteiger partial charge in [0, 0.05) is 6.54 Å². The van der Waals surface area contributed by atoms with Crippen molar-refractivity contribution in [3.05, 3.63) is 24.3 Å². The first-order valence-electron chi connectivity index (χ1n) is 6.23. The highest BCUT2D eigenvalue weighted by Gasteiger charge is 2.26. The topological polar surface area (TPSA) is 50.4 Å². The lowest BCUT2D eigenvalue weighted by atomic mass is 9.97. The molecule has 1 unspecified atom stereocenters. The highest BCUT2D eigenvalue weighted by molar-refractivity contribution is 5.83. The molecule has 0 fully saturated rings. The molecule has 0 spiro atoms. The van der Waals surface area contributed by atoms with E-state index >= 15 is 0 Å². The maximum absolute atomic E-state index is 12.0. The van der Waals surface area contributed by atoms with Crippen LogP contribution in [0.5, 0.6) is 5.75 Å². The molecule has 1 aromatic rings. The predicted octanol–water partition coefficient (Wildman–Crippen LogP) is 2.02. The lowest BCUT2D eigenvalue weighted by molar-refractivity contribution is -0.128. The van der Waals surface area contributed by atoms with Gasteiger partial charge in [-0.2, -0.15) is 0 Å². The highest BCUT2D eigenvalue weighted by Crippen LogP contribution is 2.28. The third-order valence-corrected chi connectivity index (χ3v) is 2.72. The van der Waals surface area contributed by atoms with E-state index in [2.05, 4.69) is 31.4 Å². The number of amides is 1. The number of fused-ring (bicyclic) bond motifs is 1.